The number of hydrogen-bond acceptors (Lipinski definition) is 3. The minimum atomic E-state index is 0.279. The summed E-state index contributed by atoms with van der Waals surface area (Å²) < 4.78 is 6.27. The molecule has 1 N–H and O–H groups in total. The lowest BCUT2D eigenvalue weighted by Crippen LogP contribution is -2.48. The van der Waals surface area contributed by atoms with Gasteiger partial charge in [-0.15, -0.1) is 0 Å². The number of piperidine rings is 1. The maximum absolute atomic E-state index is 6.29. The number of benzene rings is 2. The van der Waals surface area contributed by atoms with Gasteiger partial charge in [0, 0.05) is 23.2 Å². The lowest BCUT2D eigenvalue weighted by molar-refractivity contribution is 0.346. The maximum atomic E-state index is 6.29. The SMILES string of the molecule is CCCNC1CCCN2c3cc(Cl)ccc3Oc3ccccc3C12. The summed E-state index contributed by atoms with van der Waals surface area (Å²) in [5.41, 5.74) is 2.37. The van der Waals surface area contributed by atoms with E-state index in [9.17, 15) is 0 Å². The fourth-order valence-corrected chi connectivity index (χ4v) is 4.10. The summed E-state index contributed by atoms with van der Waals surface area (Å²) in [6.45, 7) is 4.28. The molecule has 1 fully saturated rings. The number of fused-ring (bicyclic) bond motifs is 5. The molecule has 2 atom stereocenters. The molecule has 0 bridgehead atoms. The topological polar surface area (TPSA) is 24.5 Å². The number of hydrogen-bond donors (Lipinski definition) is 1. The summed E-state index contributed by atoms with van der Waals surface area (Å²) in [7, 11) is 0. The fourth-order valence-electron chi connectivity index (χ4n) is 3.93. The highest BCUT2D eigenvalue weighted by Crippen LogP contribution is 2.48. The number of nitrogens with one attached hydrogen (secondary N) is 1. The predicted molar refractivity (Wildman–Crippen MR) is 99.4 cm³/mol. The van der Waals surface area contributed by atoms with Gasteiger partial charge in [-0.2, -0.15) is 0 Å². The molecule has 2 aromatic carbocycles. The van der Waals surface area contributed by atoms with Crippen molar-refractivity contribution in [3.63, 3.8) is 0 Å². The Balaban J connectivity index is 1.84. The third-order valence-corrected chi connectivity index (χ3v) is 5.21. The van der Waals surface area contributed by atoms with Gasteiger partial charge in [-0.05, 0) is 50.1 Å². The van der Waals surface area contributed by atoms with Gasteiger partial charge in [-0.25, -0.2) is 0 Å². The molecule has 126 valence electrons. The summed E-state index contributed by atoms with van der Waals surface area (Å²) in [4.78, 5) is 2.48. The Hall–Kier alpha value is -1.71. The van der Waals surface area contributed by atoms with Crippen LogP contribution in [-0.2, 0) is 0 Å². The molecule has 0 aromatic heterocycles. The zero-order valence-electron chi connectivity index (χ0n) is 14.0. The first-order valence-corrected chi connectivity index (χ1v) is 9.22. The lowest BCUT2D eigenvalue weighted by atomic mass is 9.89. The Labute approximate surface area is 148 Å². The van der Waals surface area contributed by atoms with Crippen molar-refractivity contribution in [3.8, 4) is 11.5 Å². The van der Waals surface area contributed by atoms with Gasteiger partial charge in [-0.3, -0.25) is 0 Å². The standard InChI is InChI=1S/C20H23ClN2O/c1-2-11-22-16-7-5-12-23-17-13-14(21)9-10-19(17)24-18-8-4-3-6-15(18)20(16)23/h3-4,6,8-10,13,16,20,22H,2,5,7,11-12H2,1H3. The Morgan fingerprint density at radius 1 is 1.21 bits per heavy atom. The molecule has 0 amide bonds. The van der Waals surface area contributed by atoms with E-state index in [-0.39, 0.29) is 6.04 Å². The van der Waals surface area contributed by atoms with E-state index < -0.39 is 0 Å². The van der Waals surface area contributed by atoms with Crippen LogP contribution in [0.3, 0.4) is 0 Å². The van der Waals surface area contributed by atoms with Crippen LogP contribution in [0.25, 0.3) is 0 Å². The lowest BCUT2D eigenvalue weighted by Gasteiger charge is -2.42. The summed E-state index contributed by atoms with van der Waals surface area (Å²) >= 11 is 6.29. The molecule has 4 heteroatoms. The average Bonchev–Trinajstić information content (AvgIpc) is 2.75. The molecule has 2 aromatic rings. The van der Waals surface area contributed by atoms with E-state index in [1.165, 1.54) is 18.4 Å². The summed E-state index contributed by atoms with van der Waals surface area (Å²) in [5.74, 6) is 1.85. The second kappa shape index (κ2) is 6.66. The smallest absolute Gasteiger partial charge is 0.150 e. The Bertz CT molecular complexity index is 733. The van der Waals surface area contributed by atoms with Crippen molar-refractivity contribution >= 4 is 17.3 Å². The van der Waals surface area contributed by atoms with Gasteiger partial charge in [0.05, 0.1) is 11.7 Å². The van der Waals surface area contributed by atoms with E-state index in [2.05, 4.69) is 35.3 Å². The predicted octanol–water partition coefficient (Wildman–Crippen LogP) is 5.16. The van der Waals surface area contributed by atoms with Gasteiger partial charge in [0.15, 0.2) is 5.75 Å². The maximum Gasteiger partial charge on any atom is 0.150 e. The van der Waals surface area contributed by atoms with E-state index in [1.807, 2.05) is 24.3 Å². The van der Waals surface area contributed by atoms with Gasteiger partial charge in [0.25, 0.3) is 0 Å². The first-order chi connectivity index (χ1) is 11.8. The highest BCUT2D eigenvalue weighted by atomic mass is 35.5. The summed E-state index contributed by atoms with van der Waals surface area (Å²) in [5, 5.41) is 4.51. The molecule has 0 radical (unpaired) electrons. The third-order valence-electron chi connectivity index (χ3n) is 4.98. The van der Waals surface area contributed by atoms with Crippen LogP contribution in [0.2, 0.25) is 5.02 Å². The van der Waals surface area contributed by atoms with Crippen molar-refractivity contribution in [1.82, 2.24) is 5.32 Å². The zero-order chi connectivity index (χ0) is 16.5. The molecule has 2 heterocycles. The number of ether oxygens (including phenoxy) is 1. The Morgan fingerprint density at radius 2 is 2.08 bits per heavy atom. The first-order valence-electron chi connectivity index (χ1n) is 8.84. The van der Waals surface area contributed by atoms with Gasteiger partial charge in [-0.1, -0.05) is 36.7 Å². The average molecular weight is 343 g/mol. The first kappa shape index (κ1) is 15.8. The largest absolute Gasteiger partial charge is 0.455 e. The quantitative estimate of drug-likeness (QED) is 0.834. The summed E-state index contributed by atoms with van der Waals surface area (Å²) in [6.07, 6.45) is 3.50. The molecule has 2 aliphatic rings. The second-order valence-electron chi connectivity index (χ2n) is 6.59. The van der Waals surface area contributed by atoms with Crippen molar-refractivity contribution in [3.05, 3.63) is 53.1 Å². The van der Waals surface area contributed by atoms with E-state index in [0.29, 0.717) is 6.04 Å². The molecular formula is C20H23ClN2O. The van der Waals surface area contributed by atoms with Crippen LogP contribution in [0.5, 0.6) is 11.5 Å². The van der Waals surface area contributed by atoms with Crippen LogP contribution in [-0.4, -0.2) is 19.1 Å². The molecular weight excluding hydrogens is 320 g/mol. The van der Waals surface area contributed by atoms with Crippen molar-refractivity contribution in [2.24, 2.45) is 0 Å². The van der Waals surface area contributed by atoms with Crippen LogP contribution < -0.4 is 15.0 Å². The Kier molecular flexibility index (Phi) is 4.38. The molecule has 4 rings (SSSR count). The zero-order valence-corrected chi connectivity index (χ0v) is 14.7. The van der Waals surface area contributed by atoms with Gasteiger partial charge in [0.1, 0.15) is 5.75 Å². The van der Waals surface area contributed by atoms with Gasteiger partial charge in [0.2, 0.25) is 0 Å². The van der Waals surface area contributed by atoms with E-state index >= 15 is 0 Å². The van der Waals surface area contributed by atoms with Crippen molar-refractivity contribution in [2.45, 2.75) is 38.3 Å². The summed E-state index contributed by atoms with van der Waals surface area (Å²) in [6, 6.07) is 15.1. The molecule has 0 aliphatic carbocycles. The third kappa shape index (κ3) is 2.76. The fraction of sp³-hybridized carbons (Fsp3) is 0.400. The van der Waals surface area contributed by atoms with Gasteiger partial charge >= 0.3 is 0 Å². The van der Waals surface area contributed by atoms with Crippen LogP contribution in [0.4, 0.5) is 5.69 Å². The van der Waals surface area contributed by atoms with Crippen molar-refractivity contribution in [2.75, 3.05) is 18.0 Å². The molecule has 2 aliphatic heterocycles. The molecule has 24 heavy (non-hydrogen) atoms. The monoisotopic (exact) mass is 342 g/mol. The minimum Gasteiger partial charge on any atom is -0.455 e. The Morgan fingerprint density at radius 3 is 2.96 bits per heavy atom. The van der Waals surface area contributed by atoms with Crippen LogP contribution in [0, 0.1) is 0 Å². The number of nitrogens with zero attached hydrogens (tertiary/aromatic N) is 1. The number of para-hydroxylation sites is 1. The molecule has 2 unspecified atom stereocenters. The number of anilines is 1. The number of halogens is 1. The van der Waals surface area contributed by atoms with Crippen molar-refractivity contribution in [1.29, 1.82) is 0 Å². The minimum absolute atomic E-state index is 0.279. The normalized spacial score (nSPS) is 22.0. The molecule has 3 nitrogen and oxygen atoms in total. The molecule has 0 spiro atoms. The van der Waals surface area contributed by atoms with Gasteiger partial charge < -0.3 is 15.0 Å². The molecule has 1 saturated heterocycles. The molecule has 0 saturated carbocycles. The highest BCUT2D eigenvalue weighted by Gasteiger charge is 2.37. The van der Waals surface area contributed by atoms with Crippen molar-refractivity contribution < 1.29 is 4.74 Å². The van der Waals surface area contributed by atoms with Crippen LogP contribution in [0.1, 0.15) is 37.8 Å². The van der Waals surface area contributed by atoms with Crippen LogP contribution >= 0.6 is 11.6 Å². The number of rotatable bonds is 3. The highest BCUT2D eigenvalue weighted by molar-refractivity contribution is 6.31. The van der Waals surface area contributed by atoms with E-state index in [0.717, 1.165) is 41.7 Å². The van der Waals surface area contributed by atoms with Crippen LogP contribution in [0.15, 0.2) is 42.5 Å². The second-order valence-corrected chi connectivity index (χ2v) is 7.03. The van der Waals surface area contributed by atoms with E-state index in [4.69, 9.17) is 16.3 Å². The van der Waals surface area contributed by atoms with E-state index in [1.54, 1.807) is 0 Å².